The quantitative estimate of drug-likeness (QED) is 0.455. The summed E-state index contributed by atoms with van der Waals surface area (Å²) in [6.07, 6.45) is 5.84. The number of rotatable bonds is 0. The molecule has 1 aliphatic rings. The van der Waals surface area contributed by atoms with E-state index in [9.17, 15) is 0 Å². The summed E-state index contributed by atoms with van der Waals surface area (Å²) in [4.78, 5) is 14.2. The molecule has 0 radical (unpaired) electrons. The van der Waals surface area contributed by atoms with Gasteiger partial charge in [-0.05, 0) is 23.4 Å². The standard InChI is InChI=1S/C4H5NS.BrH.HO3P/c1-2-4-6-5-3-1;;1-4(2)3/h1-5H;1H;(H-,1,2,3)/p+1. The molecule has 1 rings (SSSR count). The number of hydrogen-bond acceptors (Lipinski definition) is 3. The fourth-order valence-electron chi connectivity index (χ4n) is 0.258. The lowest BCUT2D eigenvalue weighted by Gasteiger charge is -1.93. The van der Waals surface area contributed by atoms with Crippen molar-refractivity contribution < 1.29 is 14.4 Å². The number of allylic oxidation sites excluding steroid dienone is 2. The van der Waals surface area contributed by atoms with Gasteiger partial charge in [-0.1, -0.05) is 6.08 Å². The largest absolute Gasteiger partial charge is 0.692 e. The molecule has 11 heavy (non-hydrogen) atoms. The zero-order valence-electron chi connectivity index (χ0n) is 5.38. The van der Waals surface area contributed by atoms with Crippen molar-refractivity contribution in [2.24, 2.45) is 0 Å². The van der Waals surface area contributed by atoms with Gasteiger partial charge in [0.25, 0.3) is 0 Å². The Morgan fingerprint density at radius 2 is 1.91 bits per heavy atom. The molecule has 0 fully saturated rings. The zero-order chi connectivity index (χ0) is 7.82. The minimum absolute atomic E-state index is 0. The molecule has 0 saturated carbocycles. The smallest absolute Gasteiger partial charge is 0.333 e. The van der Waals surface area contributed by atoms with Crippen LogP contribution in [0.3, 0.4) is 0 Å². The third-order valence-corrected chi connectivity index (χ3v) is 1.06. The van der Waals surface area contributed by atoms with Gasteiger partial charge in [0.15, 0.2) is 0 Å². The van der Waals surface area contributed by atoms with Crippen LogP contribution in [0.25, 0.3) is 0 Å². The van der Waals surface area contributed by atoms with Crippen molar-refractivity contribution in [3.63, 3.8) is 0 Å². The van der Waals surface area contributed by atoms with Gasteiger partial charge in [-0.3, -0.25) is 0 Å². The lowest BCUT2D eigenvalue weighted by Crippen LogP contribution is -1.88. The van der Waals surface area contributed by atoms with Crippen molar-refractivity contribution >= 4 is 37.2 Å². The Hall–Kier alpha value is 0.130. The Labute approximate surface area is 80.2 Å². The van der Waals surface area contributed by atoms with E-state index in [1.54, 1.807) is 11.9 Å². The van der Waals surface area contributed by atoms with Crippen molar-refractivity contribution in [2.45, 2.75) is 0 Å². The van der Waals surface area contributed by atoms with Crippen LogP contribution in [0, 0.1) is 0 Å². The second-order valence-corrected chi connectivity index (χ2v) is 2.43. The summed E-state index contributed by atoms with van der Waals surface area (Å²) in [6.45, 7) is 0. The fourth-order valence-corrected chi connectivity index (χ4v) is 0.663. The third kappa shape index (κ3) is 17.8. The molecule has 0 saturated heterocycles. The summed E-state index contributed by atoms with van der Waals surface area (Å²) in [5.41, 5.74) is 0. The maximum Gasteiger partial charge on any atom is 0.692 e. The highest BCUT2D eigenvalue weighted by Crippen LogP contribution is 1.99. The Kier molecular flexibility index (Phi) is 12.6. The molecule has 0 atom stereocenters. The highest BCUT2D eigenvalue weighted by atomic mass is 79.9. The summed E-state index contributed by atoms with van der Waals surface area (Å²) in [6, 6.07) is 0. The monoisotopic (exact) mass is 260 g/mol. The third-order valence-electron chi connectivity index (χ3n) is 0.490. The highest BCUT2D eigenvalue weighted by Gasteiger charge is 1.93. The molecule has 3 N–H and O–H groups in total. The van der Waals surface area contributed by atoms with Gasteiger partial charge in [-0.25, -0.2) is 0 Å². The van der Waals surface area contributed by atoms with E-state index in [2.05, 4.69) is 4.72 Å². The minimum atomic E-state index is -2.87. The van der Waals surface area contributed by atoms with E-state index in [1.165, 1.54) is 0 Å². The van der Waals surface area contributed by atoms with Gasteiger partial charge in [-0.15, -0.1) is 26.8 Å². The van der Waals surface area contributed by atoms with Crippen molar-refractivity contribution in [3.8, 4) is 0 Å². The van der Waals surface area contributed by atoms with E-state index >= 15 is 0 Å². The van der Waals surface area contributed by atoms with E-state index in [4.69, 9.17) is 14.4 Å². The molecule has 0 aliphatic carbocycles. The molecule has 1 heterocycles. The molecule has 1 aliphatic heterocycles. The van der Waals surface area contributed by atoms with Crippen LogP contribution in [0.5, 0.6) is 0 Å². The average Bonchev–Trinajstić information content (AvgIpc) is 1.90. The molecule has 0 spiro atoms. The van der Waals surface area contributed by atoms with Crippen molar-refractivity contribution in [2.75, 3.05) is 0 Å². The lowest BCUT2D eigenvalue weighted by molar-refractivity contribution is 0.405. The van der Waals surface area contributed by atoms with Crippen molar-refractivity contribution in [1.29, 1.82) is 0 Å². The van der Waals surface area contributed by atoms with Crippen LogP contribution in [0.2, 0.25) is 0 Å². The lowest BCUT2D eigenvalue weighted by atomic mass is 10.6. The topological polar surface area (TPSA) is 69.6 Å². The normalized spacial score (nSPS) is 11.8. The van der Waals surface area contributed by atoms with Gasteiger partial charge >= 0.3 is 8.25 Å². The van der Waals surface area contributed by atoms with Gasteiger partial charge in [-0.2, -0.15) is 0 Å². The Morgan fingerprint density at radius 3 is 2.00 bits per heavy atom. The maximum absolute atomic E-state index is 8.70. The van der Waals surface area contributed by atoms with Crippen LogP contribution in [0.4, 0.5) is 0 Å². The molecule has 7 heteroatoms. The molecular weight excluding hydrogens is 253 g/mol. The van der Waals surface area contributed by atoms with Crippen molar-refractivity contribution in [1.82, 2.24) is 4.72 Å². The van der Waals surface area contributed by atoms with E-state index < -0.39 is 8.25 Å². The molecule has 0 aromatic heterocycles. The second-order valence-electron chi connectivity index (χ2n) is 1.18. The predicted octanol–water partition coefficient (Wildman–Crippen LogP) is 1.47. The summed E-state index contributed by atoms with van der Waals surface area (Å²) < 4.78 is 11.6. The first-order valence-corrected chi connectivity index (χ1v) is 4.36. The van der Waals surface area contributed by atoms with Gasteiger partial charge in [0, 0.05) is 10.8 Å². The molecule has 4 nitrogen and oxygen atoms in total. The van der Waals surface area contributed by atoms with Crippen LogP contribution in [-0.2, 0) is 4.57 Å². The first-order chi connectivity index (χ1) is 4.73. The summed E-state index contributed by atoms with van der Waals surface area (Å²) >= 11 is 1.58. The van der Waals surface area contributed by atoms with E-state index in [0.717, 1.165) is 0 Å². The number of nitrogens with one attached hydrogen (secondary N) is 1. The fraction of sp³-hybridized carbons (Fsp3) is 0. The van der Waals surface area contributed by atoms with Gasteiger partial charge in [0.1, 0.15) is 0 Å². The van der Waals surface area contributed by atoms with Crippen LogP contribution >= 0.6 is 37.2 Å². The Bertz CT molecular complexity index is 147. The molecule has 0 bridgehead atoms. The van der Waals surface area contributed by atoms with E-state index in [0.29, 0.717) is 0 Å². The number of halogens is 1. The van der Waals surface area contributed by atoms with E-state index in [1.807, 2.05) is 23.8 Å². The molecule has 0 amide bonds. The Morgan fingerprint density at radius 1 is 1.36 bits per heavy atom. The SMILES string of the molecule is Br.C1=CNSC=C1.O=[P+](O)O. The second kappa shape index (κ2) is 10.1. The highest BCUT2D eigenvalue weighted by molar-refractivity contribution is 8.93. The summed E-state index contributed by atoms with van der Waals surface area (Å²) in [5.74, 6) is 0. The van der Waals surface area contributed by atoms with Gasteiger partial charge < -0.3 is 4.72 Å². The number of hydrogen-bond donors (Lipinski definition) is 3. The molecule has 0 unspecified atom stereocenters. The van der Waals surface area contributed by atoms with Crippen molar-refractivity contribution in [3.05, 3.63) is 23.8 Å². The minimum Gasteiger partial charge on any atom is -0.333 e. The van der Waals surface area contributed by atoms with Crippen LogP contribution < -0.4 is 4.72 Å². The maximum atomic E-state index is 8.70. The van der Waals surface area contributed by atoms with Gasteiger partial charge in [0.05, 0.1) is 0 Å². The zero-order valence-corrected chi connectivity index (χ0v) is 8.80. The summed E-state index contributed by atoms with van der Waals surface area (Å²) in [5, 5.41) is 1.99. The Balaban J connectivity index is 0. The molecule has 64 valence electrons. The summed E-state index contributed by atoms with van der Waals surface area (Å²) in [7, 11) is -2.87. The first kappa shape index (κ1) is 13.7. The van der Waals surface area contributed by atoms with Crippen LogP contribution in [0.15, 0.2) is 23.8 Å². The van der Waals surface area contributed by atoms with Gasteiger partial charge in [0.2, 0.25) is 0 Å². The van der Waals surface area contributed by atoms with Crippen LogP contribution in [0.1, 0.15) is 0 Å². The molecule has 0 aromatic carbocycles. The molecular formula is C4H8BrNO3PS+. The predicted molar refractivity (Wildman–Crippen MR) is 51.4 cm³/mol. The first-order valence-electron chi connectivity index (χ1n) is 2.31. The van der Waals surface area contributed by atoms with Crippen LogP contribution in [-0.4, -0.2) is 9.79 Å². The molecule has 0 aromatic rings. The van der Waals surface area contributed by atoms with E-state index in [-0.39, 0.29) is 17.0 Å². The average molecular weight is 261 g/mol.